The lowest BCUT2D eigenvalue weighted by atomic mass is 10.1. The molecule has 0 bridgehead atoms. The number of nitrogens with two attached hydrogens (primary N) is 1. The Morgan fingerprint density at radius 3 is 2.43 bits per heavy atom. The van der Waals surface area contributed by atoms with Gasteiger partial charge in [-0.2, -0.15) is 0 Å². The van der Waals surface area contributed by atoms with E-state index < -0.39 is 0 Å². The van der Waals surface area contributed by atoms with Crippen molar-refractivity contribution >= 4 is 35.6 Å². The normalized spacial score (nSPS) is 12.0. The Kier molecular flexibility index (Phi) is 6.49. The average Bonchev–Trinajstić information content (AvgIpc) is 2.10. The number of aliphatic hydroxyl groups excluding tert-OH is 1. The van der Waals surface area contributed by atoms with Gasteiger partial charge >= 0.3 is 0 Å². The van der Waals surface area contributed by atoms with Gasteiger partial charge in [-0.3, -0.25) is 0 Å². The van der Waals surface area contributed by atoms with Gasteiger partial charge in [-0.1, -0.05) is 29.3 Å². The first kappa shape index (κ1) is 14.0. The van der Waals surface area contributed by atoms with Crippen LogP contribution < -0.4 is 5.73 Å². The Labute approximate surface area is 99.4 Å². The standard InChI is InChI=1S/C9H11Cl2NO.ClH/c10-7-2-1-6(5-8(7)11)9(12)3-4-13;/h1-2,5,9,13H,3-4,12H2;1H/t9-;/m0./s1. The smallest absolute Gasteiger partial charge is 0.0595 e. The van der Waals surface area contributed by atoms with Crippen molar-refractivity contribution in [2.24, 2.45) is 5.73 Å². The molecule has 0 spiro atoms. The predicted octanol–water partition coefficient (Wildman–Crippen LogP) is 2.80. The minimum Gasteiger partial charge on any atom is -0.396 e. The number of hydrogen-bond donors (Lipinski definition) is 2. The van der Waals surface area contributed by atoms with E-state index in [1.807, 2.05) is 6.07 Å². The van der Waals surface area contributed by atoms with Crippen LogP contribution in [-0.2, 0) is 0 Å². The second-order valence-electron chi connectivity index (χ2n) is 2.79. The molecule has 0 aromatic heterocycles. The zero-order valence-electron chi connectivity index (χ0n) is 7.41. The summed E-state index contributed by atoms with van der Waals surface area (Å²) in [7, 11) is 0. The van der Waals surface area contributed by atoms with E-state index in [1.165, 1.54) is 0 Å². The summed E-state index contributed by atoms with van der Waals surface area (Å²) < 4.78 is 0. The average molecular weight is 257 g/mol. The second kappa shape index (κ2) is 6.49. The van der Waals surface area contributed by atoms with Gasteiger partial charge in [0.25, 0.3) is 0 Å². The highest BCUT2D eigenvalue weighted by molar-refractivity contribution is 6.42. The Morgan fingerprint density at radius 1 is 1.29 bits per heavy atom. The molecule has 1 aromatic carbocycles. The van der Waals surface area contributed by atoms with Gasteiger partial charge in [-0.15, -0.1) is 12.4 Å². The first-order valence-corrected chi connectivity index (χ1v) is 4.72. The fourth-order valence-corrected chi connectivity index (χ4v) is 1.36. The Morgan fingerprint density at radius 2 is 1.93 bits per heavy atom. The Balaban J connectivity index is 0.00000169. The molecule has 0 aliphatic carbocycles. The van der Waals surface area contributed by atoms with Crippen molar-refractivity contribution < 1.29 is 5.11 Å². The fraction of sp³-hybridized carbons (Fsp3) is 0.333. The quantitative estimate of drug-likeness (QED) is 0.873. The van der Waals surface area contributed by atoms with E-state index in [9.17, 15) is 0 Å². The molecule has 80 valence electrons. The number of hydrogen-bond acceptors (Lipinski definition) is 2. The molecule has 3 N–H and O–H groups in total. The van der Waals surface area contributed by atoms with E-state index in [-0.39, 0.29) is 25.1 Å². The summed E-state index contributed by atoms with van der Waals surface area (Å²) in [5, 5.41) is 9.69. The van der Waals surface area contributed by atoms with Crippen LogP contribution in [0.1, 0.15) is 18.0 Å². The van der Waals surface area contributed by atoms with Gasteiger partial charge in [0.05, 0.1) is 10.0 Å². The topological polar surface area (TPSA) is 46.2 Å². The molecule has 1 rings (SSSR count). The summed E-state index contributed by atoms with van der Waals surface area (Å²) in [6, 6.07) is 5.06. The van der Waals surface area contributed by atoms with Crippen LogP contribution in [-0.4, -0.2) is 11.7 Å². The van der Waals surface area contributed by atoms with Crippen LogP contribution in [0.15, 0.2) is 18.2 Å². The predicted molar refractivity (Wildman–Crippen MR) is 62.3 cm³/mol. The number of rotatable bonds is 3. The molecular weight excluding hydrogens is 244 g/mol. The zero-order valence-corrected chi connectivity index (χ0v) is 9.74. The first-order valence-electron chi connectivity index (χ1n) is 3.96. The summed E-state index contributed by atoms with van der Waals surface area (Å²) in [4.78, 5) is 0. The van der Waals surface area contributed by atoms with Gasteiger partial charge in [0.2, 0.25) is 0 Å². The third-order valence-corrected chi connectivity index (χ3v) is 2.55. The molecule has 0 fully saturated rings. The molecule has 2 nitrogen and oxygen atoms in total. The van der Waals surface area contributed by atoms with Crippen molar-refractivity contribution in [3.63, 3.8) is 0 Å². The van der Waals surface area contributed by atoms with Crippen molar-refractivity contribution in [1.82, 2.24) is 0 Å². The molecule has 0 unspecified atom stereocenters. The summed E-state index contributed by atoms with van der Waals surface area (Å²) in [6.07, 6.45) is 0.526. The second-order valence-corrected chi connectivity index (χ2v) is 3.61. The minimum absolute atomic E-state index is 0. The highest BCUT2D eigenvalue weighted by Gasteiger charge is 2.06. The molecule has 0 saturated heterocycles. The summed E-state index contributed by atoms with van der Waals surface area (Å²) in [5.41, 5.74) is 6.65. The van der Waals surface area contributed by atoms with Crippen LogP contribution in [0.5, 0.6) is 0 Å². The van der Waals surface area contributed by atoms with Crippen LogP contribution in [0.3, 0.4) is 0 Å². The molecule has 0 radical (unpaired) electrons. The van der Waals surface area contributed by atoms with E-state index in [0.717, 1.165) is 5.56 Å². The van der Waals surface area contributed by atoms with Crippen LogP contribution in [0.25, 0.3) is 0 Å². The van der Waals surface area contributed by atoms with Gasteiger partial charge in [0.15, 0.2) is 0 Å². The third-order valence-electron chi connectivity index (χ3n) is 1.81. The lowest BCUT2D eigenvalue weighted by Crippen LogP contribution is -2.11. The minimum atomic E-state index is -0.181. The molecule has 0 aliphatic heterocycles. The van der Waals surface area contributed by atoms with Gasteiger partial charge in [0, 0.05) is 12.6 Å². The summed E-state index contributed by atoms with van der Waals surface area (Å²) >= 11 is 11.5. The van der Waals surface area contributed by atoms with Crippen LogP contribution in [0, 0.1) is 0 Å². The molecule has 0 saturated carbocycles. The number of benzene rings is 1. The van der Waals surface area contributed by atoms with Crippen LogP contribution in [0.4, 0.5) is 0 Å². The van der Waals surface area contributed by atoms with E-state index in [0.29, 0.717) is 16.5 Å². The van der Waals surface area contributed by atoms with Crippen molar-refractivity contribution in [1.29, 1.82) is 0 Å². The Bertz CT molecular complexity index is 293. The van der Waals surface area contributed by atoms with Gasteiger partial charge < -0.3 is 10.8 Å². The maximum atomic E-state index is 8.68. The molecule has 1 atom stereocenters. The van der Waals surface area contributed by atoms with Crippen molar-refractivity contribution in [2.75, 3.05) is 6.61 Å². The molecule has 0 heterocycles. The van der Waals surface area contributed by atoms with E-state index in [4.69, 9.17) is 34.0 Å². The first-order chi connectivity index (χ1) is 6.15. The van der Waals surface area contributed by atoms with Crippen molar-refractivity contribution in [3.05, 3.63) is 33.8 Å². The number of halogens is 3. The molecule has 1 aromatic rings. The van der Waals surface area contributed by atoms with Gasteiger partial charge in [-0.05, 0) is 24.1 Å². The van der Waals surface area contributed by atoms with Gasteiger partial charge in [-0.25, -0.2) is 0 Å². The highest BCUT2D eigenvalue weighted by atomic mass is 35.5. The fourth-order valence-electron chi connectivity index (χ4n) is 1.05. The van der Waals surface area contributed by atoms with Crippen LogP contribution >= 0.6 is 35.6 Å². The lowest BCUT2D eigenvalue weighted by molar-refractivity contribution is 0.276. The van der Waals surface area contributed by atoms with E-state index >= 15 is 0 Å². The zero-order chi connectivity index (χ0) is 9.84. The molecule has 14 heavy (non-hydrogen) atoms. The van der Waals surface area contributed by atoms with E-state index in [1.54, 1.807) is 12.1 Å². The van der Waals surface area contributed by atoms with Crippen LogP contribution in [0.2, 0.25) is 10.0 Å². The Hall–Kier alpha value is 0.01000. The molecule has 0 aliphatic rings. The largest absolute Gasteiger partial charge is 0.396 e. The van der Waals surface area contributed by atoms with E-state index in [2.05, 4.69) is 0 Å². The maximum Gasteiger partial charge on any atom is 0.0595 e. The molecular formula is C9H12Cl3NO. The highest BCUT2D eigenvalue weighted by Crippen LogP contribution is 2.25. The van der Waals surface area contributed by atoms with Crippen molar-refractivity contribution in [2.45, 2.75) is 12.5 Å². The monoisotopic (exact) mass is 255 g/mol. The van der Waals surface area contributed by atoms with Crippen molar-refractivity contribution in [3.8, 4) is 0 Å². The summed E-state index contributed by atoms with van der Waals surface area (Å²) in [6.45, 7) is 0.0708. The summed E-state index contributed by atoms with van der Waals surface area (Å²) in [5.74, 6) is 0. The third kappa shape index (κ3) is 3.64. The molecule has 5 heteroatoms. The lowest BCUT2D eigenvalue weighted by Gasteiger charge is -2.10. The van der Waals surface area contributed by atoms with Gasteiger partial charge in [0.1, 0.15) is 0 Å². The maximum absolute atomic E-state index is 8.68. The number of aliphatic hydroxyl groups is 1. The SMILES string of the molecule is Cl.N[C@@H](CCO)c1ccc(Cl)c(Cl)c1. The molecule has 0 amide bonds.